The molecular weight excluding hydrogens is 954 g/mol. The molecular formula is C44H50Cl3IN6O3SSi. The molecule has 0 aliphatic rings. The van der Waals surface area contributed by atoms with Gasteiger partial charge in [0, 0.05) is 66.9 Å². The average Bonchev–Trinajstić information content (AvgIpc) is 3.75. The molecule has 0 aliphatic carbocycles. The molecule has 15 heteroatoms. The third-order valence-corrected chi connectivity index (χ3v) is 13.1. The highest BCUT2D eigenvalue weighted by Gasteiger charge is 2.17. The number of aromatic nitrogens is 5. The molecule has 0 bridgehead atoms. The Kier molecular flexibility index (Phi) is 16.1. The van der Waals surface area contributed by atoms with Crippen molar-refractivity contribution >= 4 is 103 Å². The van der Waals surface area contributed by atoms with Crippen molar-refractivity contribution in [2.24, 2.45) is 0 Å². The van der Waals surface area contributed by atoms with Crippen LogP contribution in [-0.2, 0) is 21.5 Å². The van der Waals surface area contributed by atoms with Gasteiger partial charge < -0.3 is 14.3 Å². The predicted molar refractivity (Wildman–Crippen MR) is 259 cm³/mol. The van der Waals surface area contributed by atoms with Gasteiger partial charge in [-0.1, -0.05) is 131 Å². The summed E-state index contributed by atoms with van der Waals surface area (Å²) in [6.45, 7) is 17.3. The Morgan fingerprint density at radius 3 is 1.97 bits per heavy atom. The van der Waals surface area contributed by atoms with E-state index in [0.29, 0.717) is 38.1 Å². The lowest BCUT2D eigenvalue weighted by molar-refractivity contribution is 0.0912. The maximum atomic E-state index is 10.9. The van der Waals surface area contributed by atoms with E-state index in [2.05, 4.69) is 137 Å². The quantitative estimate of drug-likeness (QED) is 0.0577. The summed E-state index contributed by atoms with van der Waals surface area (Å²) in [5.41, 5.74) is 9.97. The van der Waals surface area contributed by atoms with Crippen LogP contribution < -0.4 is 4.72 Å². The lowest BCUT2D eigenvalue weighted by Crippen LogP contribution is -2.22. The summed E-state index contributed by atoms with van der Waals surface area (Å²) >= 11 is 19.7. The Labute approximate surface area is 377 Å². The van der Waals surface area contributed by atoms with E-state index in [0.717, 1.165) is 52.1 Å². The van der Waals surface area contributed by atoms with Crippen LogP contribution in [0.25, 0.3) is 44.3 Å². The monoisotopic (exact) mass is 1000 g/mol. The second-order valence-electron chi connectivity index (χ2n) is 16.0. The minimum absolute atomic E-state index is 0.256. The molecule has 0 aliphatic heterocycles. The number of benzene rings is 2. The maximum absolute atomic E-state index is 10.9. The topological polar surface area (TPSA) is 115 Å². The Hall–Kier alpha value is -3.50. The Bertz CT molecular complexity index is 2650. The van der Waals surface area contributed by atoms with E-state index < -0.39 is 18.1 Å². The van der Waals surface area contributed by atoms with Crippen LogP contribution in [0.2, 0.25) is 41.1 Å². The minimum atomic E-state index is -3.26. The molecule has 0 radical (unpaired) electrons. The van der Waals surface area contributed by atoms with Crippen molar-refractivity contribution in [3.63, 3.8) is 0 Å². The summed E-state index contributed by atoms with van der Waals surface area (Å²) in [6.07, 6.45) is 6.22. The molecule has 312 valence electrons. The van der Waals surface area contributed by atoms with Gasteiger partial charge in [-0.15, -0.1) is 0 Å². The van der Waals surface area contributed by atoms with Crippen molar-refractivity contribution < 1.29 is 13.2 Å². The number of sulfonamides is 1. The largest absolute Gasteiger partial charge is 0.361 e. The summed E-state index contributed by atoms with van der Waals surface area (Å²) in [6, 6.07) is 27.8. The second kappa shape index (κ2) is 20.4. The maximum Gasteiger partial charge on any atom is 0.229 e. The second-order valence-corrected chi connectivity index (χ2v) is 25.7. The fourth-order valence-electron chi connectivity index (χ4n) is 6.34. The van der Waals surface area contributed by atoms with Crippen LogP contribution in [0, 0.1) is 3.57 Å². The highest BCUT2D eigenvalue weighted by molar-refractivity contribution is 14.1. The summed E-state index contributed by atoms with van der Waals surface area (Å²) in [7, 11) is -4.37. The molecule has 5 aromatic heterocycles. The zero-order valence-electron chi connectivity index (χ0n) is 34.4. The van der Waals surface area contributed by atoms with Crippen molar-refractivity contribution in [2.75, 3.05) is 17.6 Å². The van der Waals surface area contributed by atoms with Crippen LogP contribution in [0.3, 0.4) is 0 Å². The number of nitrogens with zero attached hydrogens (tertiary/aromatic N) is 4. The third kappa shape index (κ3) is 13.2. The first-order valence-electron chi connectivity index (χ1n) is 19.1. The van der Waals surface area contributed by atoms with Gasteiger partial charge >= 0.3 is 0 Å². The molecule has 7 aromatic rings. The van der Waals surface area contributed by atoms with Crippen LogP contribution in [0.15, 0.2) is 97.5 Å². The van der Waals surface area contributed by atoms with Crippen molar-refractivity contribution in [2.45, 2.75) is 71.9 Å². The van der Waals surface area contributed by atoms with Gasteiger partial charge in [-0.2, -0.15) is 0 Å². The summed E-state index contributed by atoms with van der Waals surface area (Å²) in [4.78, 5) is 15.6. The molecule has 59 heavy (non-hydrogen) atoms. The molecule has 9 nitrogen and oxygen atoms in total. The van der Waals surface area contributed by atoms with Gasteiger partial charge in [0.15, 0.2) is 0 Å². The van der Waals surface area contributed by atoms with Crippen LogP contribution in [0.5, 0.6) is 0 Å². The van der Waals surface area contributed by atoms with Crippen molar-refractivity contribution in [3.05, 3.63) is 128 Å². The number of anilines is 1. The van der Waals surface area contributed by atoms with Gasteiger partial charge in [0.2, 0.25) is 10.0 Å². The number of hydrogen-bond donors (Lipinski definition) is 2. The SMILES string of the molecule is CC(C)c1ccccc1-c1cc2cnc(Cl)cc2[nH]1.CC(C)c1ccccc1-c1cc2cnc(Cl)cc2n1COCC[Si](C)(C)C.CS(=O)(=O)Nc1cc(Cl)ncc1I. The minimum Gasteiger partial charge on any atom is -0.361 e. The molecule has 2 aromatic carbocycles. The standard InChI is InChI=1S/C22H29ClN2OSi.C16H15ClN2.C6H6ClIN2O2S/c1-16(2)18-8-6-7-9-19(18)21-12-17-14-24-22(23)13-20(17)25(21)15-26-10-11-27(3,4)5;1-10(2)12-5-3-4-6-13(12)15-7-11-9-18-16(17)8-14(11)19-15;1-13(11,12)10-5-2-6(7)9-3-4(5)8/h6-9,12-14,16H,10-11,15H2,1-5H3;3-10,19H,1-2H3;2-3H,1H3,(H,9,10). The number of ether oxygens (including phenoxy) is 1. The number of hydrogen-bond acceptors (Lipinski definition) is 6. The van der Waals surface area contributed by atoms with E-state index in [1.54, 1.807) is 6.20 Å². The average molecular weight is 1000 g/mol. The zero-order chi connectivity index (χ0) is 43.1. The molecule has 0 saturated heterocycles. The smallest absolute Gasteiger partial charge is 0.229 e. The van der Waals surface area contributed by atoms with Gasteiger partial charge in [0.05, 0.1) is 32.2 Å². The molecule has 2 N–H and O–H groups in total. The molecule has 0 amide bonds. The Balaban J connectivity index is 0.000000180. The summed E-state index contributed by atoms with van der Waals surface area (Å²) in [5.74, 6) is 0.937. The fraction of sp³-hybridized carbons (Fsp3) is 0.295. The third-order valence-electron chi connectivity index (χ3n) is 9.29. The van der Waals surface area contributed by atoms with Gasteiger partial charge in [-0.05, 0) is 75.9 Å². The number of aromatic amines is 1. The fourth-order valence-corrected chi connectivity index (χ4v) is 8.75. The first-order valence-corrected chi connectivity index (χ1v) is 26.9. The predicted octanol–water partition coefficient (Wildman–Crippen LogP) is 13.5. The van der Waals surface area contributed by atoms with Gasteiger partial charge in [-0.3, -0.25) is 4.72 Å². The highest BCUT2D eigenvalue weighted by atomic mass is 127. The normalized spacial score (nSPS) is 11.8. The number of halogens is 4. The van der Waals surface area contributed by atoms with E-state index in [9.17, 15) is 8.42 Å². The molecule has 0 unspecified atom stereocenters. The molecule has 5 heterocycles. The van der Waals surface area contributed by atoms with E-state index in [4.69, 9.17) is 39.5 Å². The van der Waals surface area contributed by atoms with E-state index in [1.165, 1.54) is 34.5 Å². The van der Waals surface area contributed by atoms with E-state index in [-0.39, 0.29) is 5.15 Å². The molecule has 0 spiro atoms. The molecule has 0 fully saturated rings. The van der Waals surface area contributed by atoms with Crippen LogP contribution >= 0.6 is 57.4 Å². The van der Waals surface area contributed by atoms with Crippen molar-refractivity contribution in [3.8, 4) is 22.5 Å². The molecule has 7 rings (SSSR count). The highest BCUT2D eigenvalue weighted by Crippen LogP contribution is 2.35. The van der Waals surface area contributed by atoms with Crippen molar-refractivity contribution in [1.82, 2.24) is 24.5 Å². The molecule has 0 atom stereocenters. The Morgan fingerprint density at radius 2 is 1.34 bits per heavy atom. The zero-order valence-corrected chi connectivity index (χ0v) is 40.7. The molecule has 0 saturated carbocycles. The van der Waals surface area contributed by atoms with E-state index >= 15 is 0 Å². The Morgan fingerprint density at radius 1 is 0.780 bits per heavy atom. The van der Waals surface area contributed by atoms with Crippen LogP contribution in [-0.4, -0.2) is 53.9 Å². The summed E-state index contributed by atoms with van der Waals surface area (Å²) in [5, 5.41) is 3.44. The number of rotatable bonds is 11. The van der Waals surface area contributed by atoms with Gasteiger partial charge in [0.1, 0.15) is 22.2 Å². The summed E-state index contributed by atoms with van der Waals surface area (Å²) < 4.78 is 33.1. The van der Waals surface area contributed by atoms with Crippen LogP contribution in [0.4, 0.5) is 5.69 Å². The lowest BCUT2D eigenvalue weighted by Gasteiger charge is -2.18. The van der Waals surface area contributed by atoms with Gasteiger partial charge in [-0.25, -0.2) is 23.4 Å². The van der Waals surface area contributed by atoms with Gasteiger partial charge in [0.25, 0.3) is 0 Å². The number of nitrogens with one attached hydrogen (secondary N) is 2. The lowest BCUT2D eigenvalue weighted by atomic mass is 9.95. The first kappa shape index (κ1) is 46.6. The number of pyridine rings is 3. The van der Waals surface area contributed by atoms with E-state index in [1.807, 2.05) is 40.9 Å². The van der Waals surface area contributed by atoms with Crippen molar-refractivity contribution in [1.29, 1.82) is 0 Å². The number of H-pyrrole nitrogens is 1. The van der Waals surface area contributed by atoms with Crippen LogP contribution in [0.1, 0.15) is 50.7 Å². The number of fused-ring (bicyclic) bond motifs is 2. The first-order chi connectivity index (χ1) is 27.8.